The molecule has 0 radical (unpaired) electrons. The van der Waals surface area contributed by atoms with Crippen molar-refractivity contribution < 1.29 is 24.2 Å². The highest BCUT2D eigenvalue weighted by molar-refractivity contribution is 5.85. The van der Waals surface area contributed by atoms with Crippen molar-refractivity contribution >= 4 is 11.9 Å². The van der Waals surface area contributed by atoms with Crippen LogP contribution in [0.25, 0.3) is 0 Å². The Morgan fingerprint density at radius 3 is 2.62 bits per heavy atom. The first-order chi connectivity index (χ1) is 10.0. The van der Waals surface area contributed by atoms with E-state index in [2.05, 4.69) is 5.32 Å². The van der Waals surface area contributed by atoms with E-state index in [1.54, 1.807) is 0 Å². The normalized spacial score (nSPS) is 34.4. The number of aliphatic carboxylic acids is 1. The van der Waals surface area contributed by atoms with Crippen molar-refractivity contribution in [3.8, 4) is 0 Å². The molecular formula is C15H23NO5. The van der Waals surface area contributed by atoms with Crippen LogP contribution >= 0.6 is 0 Å². The molecule has 6 nitrogen and oxygen atoms in total. The van der Waals surface area contributed by atoms with Crippen molar-refractivity contribution in [1.29, 1.82) is 0 Å². The molecule has 3 rings (SSSR count). The molecule has 1 spiro atoms. The van der Waals surface area contributed by atoms with Gasteiger partial charge in [-0.1, -0.05) is 6.42 Å². The summed E-state index contributed by atoms with van der Waals surface area (Å²) in [5, 5.41) is 12.3. The van der Waals surface area contributed by atoms with Gasteiger partial charge in [-0.15, -0.1) is 0 Å². The molecule has 2 aliphatic heterocycles. The molecule has 2 atom stereocenters. The summed E-state index contributed by atoms with van der Waals surface area (Å²) in [5.41, 5.74) is -1.06. The summed E-state index contributed by atoms with van der Waals surface area (Å²) in [4.78, 5) is 23.5. The predicted molar refractivity (Wildman–Crippen MR) is 73.8 cm³/mol. The van der Waals surface area contributed by atoms with Gasteiger partial charge < -0.3 is 19.9 Å². The van der Waals surface area contributed by atoms with Crippen LogP contribution in [-0.2, 0) is 19.1 Å². The Kier molecular flexibility index (Phi) is 3.92. The average molecular weight is 297 g/mol. The summed E-state index contributed by atoms with van der Waals surface area (Å²) in [5.74, 6) is -0.977. The van der Waals surface area contributed by atoms with Crippen LogP contribution in [0.1, 0.15) is 44.9 Å². The Bertz CT molecular complexity index is 426. The molecule has 2 heterocycles. The summed E-state index contributed by atoms with van der Waals surface area (Å²) in [7, 11) is 0. The van der Waals surface area contributed by atoms with Gasteiger partial charge in [0.15, 0.2) is 0 Å². The molecule has 2 unspecified atom stereocenters. The van der Waals surface area contributed by atoms with Gasteiger partial charge in [0.05, 0.1) is 17.6 Å². The summed E-state index contributed by atoms with van der Waals surface area (Å²) < 4.78 is 11.3. The minimum atomic E-state index is -0.837. The van der Waals surface area contributed by atoms with Gasteiger partial charge in [-0.2, -0.15) is 0 Å². The lowest BCUT2D eigenvalue weighted by Gasteiger charge is -2.39. The summed E-state index contributed by atoms with van der Waals surface area (Å²) in [6.07, 6.45) is 4.65. The highest BCUT2D eigenvalue weighted by atomic mass is 16.6. The zero-order valence-electron chi connectivity index (χ0n) is 12.2. The van der Waals surface area contributed by atoms with Gasteiger partial charge in [0.25, 0.3) is 0 Å². The largest absolute Gasteiger partial charge is 0.481 e. The molecule has 1 amide bonds. The molecule has 0 aromatic heterocycles. The molecule has 0 aromatic carbocycles. The first-order valence-electron chi connectivity index (χ1n) is 7.78. The minimum Gasteiger partial charge on any atom is -0.481 e. The number of carbonyl (C=O) groups is 2. The number of carbonyl (C=O) groups excluding carboxylic acids is 1. The molecule has 0 bridgehead atoms. The van der Waals surface area contributed by atoms with Crippen molar-refractivity contribution in [2.45, 2.75) is 56.6 Å². The monoisotopic (exact) mass is 297 g/mol. The van der Waals surface area contributed by atoms with Crippen LogP contribution in [0.5, 0.6) is 0 Å². The topological polar surface area (TPSA) is 84.9 Å². The predicted octanol–water partition coefficient (Wildman–Crippen LogP) is 1.09. The van der Waals surface area contributed by atoms with E-state index in [1.165, 1.54) is 0 Å². The van der Waals surface area contributed by atoms with Crippen LogP contribution < -0.4 is 5.32 Å². The number of nitrogens with one attached hydrogen (secondary N) is 1. The van der Waals surface area contributed by atoms with Crippen molar-refractivity contribution in [1.82, 2.24) is 5.32 Å². The Morgan fingerprint density at radius 1 is 1.24 bits per heavy atom. The lowest BCUT2D eigenvalue weighted by atomic mass is 9.66. The number of hydrogen-bond donors (Lipinski definition) is 2. The van der Waals surface area contributed by atoms with Crippen LogP contribution in [0.2, 0.25) is 0 Å². The van der Waals surface area contributed by atoms with Crippen LogP contribution in [0.15, 0.2) is 0 Å². The van der Waals surface area contributed by atoms with Crippen LogP contribution in [-0.4, -0.2) is 48.4 Å². The van der Waals surface area contributed by atoms with E-state index in [4.69, 9.17) is 9.47 Å². The van der Waals surface area contributed by atoms with Gasteiger partial charge in [0.2, 0.25) is 5.91 Å². The SMILES string of the molecule is O=C(CC1(C(=O)O)CCC1)NC1CCOC2(CCOC2)C1. The van der Waals surface area contributed by atoms with E-state index in [1.807, 2.05) is 0 Å². The van der Waals surface area contributed by atoms with E-state index in [9.17, 15) is 14.7 Å². The summed E-state index contributed by atoms with van der Waals surface area (Å²) in [6, 6.07) is 0.0684. The van der Waals surface area contributed by atoms with Crippen LogP contribution in [0.4, 0.5) is 0 Å². The van der Waals surface area contributed by atoms with Gasteiger partial charge in [0.1, 0.15) is 0 Å². The third-order valence-corrected chi connectivity index (χ3v) is 5.19. The Morgan fingerprint density at radius 2 is 2.05 bits per heavy atom. The molecule has 3 fully saturated rings. The van der Waals surface area contributed by atoms with Crippen molar-refractivity contribution in [3.05, 3.63) is 0 Å². The summed E-state index contributed by atoms with van der Waals surface area (Å²) >= 11 is 0. The average Bonchev–Trinajstić information content (AvgIpc) is 2.81. The van der Waals surface area contributed by atoms with Gasteiger partial charge >= 0.3 is 5.97 Å². The molecule has 1 aliphatic carbocycles. The zero-order valence-corrected chi connectivity index (χ0v) is 12.2. The Balaban J connectivity index is 1.54. The fourth-order valence-corrected chi connectivity index (χ4v) is 3.67. The maximum atomic E-state index is 12.2. The molecule has 2 N–H and O–H groups in total. The second kappa shape index (κ2) is 5.57. The van der Waals surface area contributed by atoms with E-state index in [-0.39, 0.29) is 24.0 Å². The fraction of sp³-hybridized carbons (Fsp3) is 0.867. The second-order valence-electron chi connectivity index (χ2n) is 6.71. The van der Waals surface area contributed by atoms with Gasteiger partial charge in [-0.05, 0) is 25.7 Å². The van der Waals surface area contributed by atoms with E-state index in [0.29, 0.717) is 32.7 Å². The first kappa shape index (κ1) is 14.8. The third-order valence-electron chi connectivity index (χ3n) is 5.19. The highest BCUT2D eigenvalue weighted by Crippen LogP contribution is 2.44. The number of hydrogen-bond acceptors (Lipinski definition) is 4. The molecule has 0 aromatic rings. The maximum absolute atomic E-state index is 12.2. The van der Waals surface area contributed by atoms with Crippen LogP contribution in [0, 0.1) is 5.41 Å². The van der Waals surface area contributed by atoms with E-state index >= 15 is 0 Å². The molecular weight excluding hydrogens is 274 g/mol. The van der Waals surface area contributed by atoms with Crippen molar-refractivity contribution in [2.24, 2.45) is 5.41 Å². The number of carboxylic acid groups (broad SMARTS) is 1. The van der Waals surface area contributed by atoms with Crippen LogP contribution in [0.3, 0.4) is 0 Å². The Labute approximate surface area is 124 Å². The molecule has 2 saturated heterocycles. The maximum Gasteiger partial charge on any atom is 0.310 e. The number of carboxylic acids is 1. The van der Waals surface area contributed by atoms with Gasteiger partial charge in [-0.25, -0.2) is 0 Å². The van der Waals surface area contributed by atoms with Crippen molar-refractivity contribution in [3.63, 3.8) is 0 Å². The standard InChI is InChI=1S/C15H23NO5/c17-12(9-14(13(18)19)3-1-4-14)16-11-2-6-21-15(8-11)5-7-20-10-15/h11H,1-10H2,(H,16,17)(H,18,19). The van der Waals surface area contributed by atoms with Crippen molar-refractivity contribution in [2.75, 3.05) is 19.8 Å². The smallest absolute Gasteiger partial charge is 0.310 e. The third kappa shape index (κ3) is 2.92. The lowest BCUT2D eigenvalue weighted by Crippen LogP contribution is -2.50. The van der Waals surface area contributed by atoms with E-state index < -0.39 is 11.4 Å². The second-order valence-corrected chi connectivity index (χ2v) is 6.71. The van der Waals surface area contributed by atoms with E-state index in [0.717, 1.165) is 25.7 Å². The number of ether oxygens (including phenoxy) is 2. The Hall–Kier alpha value is -1.14. The molecule has 3 aliphatic rings. The quantitative estimate of drug-likeness (QED) is 0.811. The minimum absolute atomic E-state index is 0.0684. The highest BCUT2D eigenvalue weighted by Gasteiger charge is 2.47. The molecule has 1 saturated carbocycles. The van der Waals surface area contributed by atoms with Gasteiger partial charge in [-0.3, -0.25) is 9.59 Å². The number of amides is 1. The summed E-state index contributed by atoms with van der Waals surface area (Å²) in [6.45, 7) is 1.93. The molecule has 118 valence electrons. The molecule has 21 heavy (non-hydrogen) atoms. The number of rotatable bonds is 4. The zero-order chi connectivity index (χ0) is 14.9. The fourth-order valence-electron chi connectivity index (χ4n) is 3.67. The van der Waals surface area contributed by atoms with Gasteiger partial charge in [0, 0.05) is 32.1 Å². The lowest BCUT2D eigenvalue weighted by molar-refractivity contribution is -0.158. The molecule has 6 heteroatoms. The first-order valence-corrected chi connectivity index (χ1v) is 7.78.